The van der Waals surface area contributed by atoms with Gasteiger partial charge in [-0.3, -0.25) is 4.98 Å². The molecule has 5 heteroatoms. The van der Waals surface area contributed by atoms with E-state index in [0.29, 0.717) is 13.0 Å². The zero-order valence-corrected chi connectivity index (χ0v) is 13.0. The third-order valence-electron chi connectivity index (χ3n) is 4.03. The number of fused-ring (bicyclic) bond motifs is 1. The van der Waals surface area contributed by atoms with Crippen LogP contribution in [0.4, 0.5) is 10.1 Å². The van der Waals surface area contributed by atoms with Crippen molar-refractivity contribution >= 4 is 11.3 Å². The minimum atomic E-state index is -0.266. The first-order valence-corrected chi connectivity index (χ1v) is 7.68. The first-order chi connectivity index (χ1) is 11.1. The minimum absolute atomic E-state index is 0.0114. The van der Waals surface area contributed by atoms with Gasteiger partial charge in [0.2, 0.25) is 0 Å². The first-order valence-electron chi connectivity index (χ1n) is 7.68. The molecule has 0 fully saturated rings. The summed E-state index contributed by atoms with van der Waals surface area (Å²) >= 11 is 0. The Morgan fingerprint density at radius 1 is 1.35 bits per heavy atom. The summed E-state index contributed by atoms with van der Waals surface area (Å²) in [4.78, 5) is 6.41. The van der Waals surface area contributed by atoms with Gasteiger partial charge in [-0.2, -0.15) is 0 Å². The summed E-state index contributed by atoms with van der Waals surface area (Å²) < 4.78 is 13.7. The molecule has 0 unspecified atom stereocenters. The van der Waals surface area contributed by atoms with E-state index in [4.69, 9.17) is 5.73 Å². The Kier molecular flexibility index (Phi) is 4.41. The van der Waals surface area contributed by atoms with E-state index in [1.54, 1.807) is 18.3 Å². The molecule has 23 heavy (non-hydrogen) atoms. The fourth-order valence-corrected chi connectivity index (χ4v) is 3.16. The van der Waals surface area contributed by atoms with E-state index >= 15 is 0 Å². The van der Waals surface area contributed by atoms with E-state index in [1.165, 1.54) is 6.07 Å². The van der Waals surface area contributed by atoms with Crippen molar-refractivity contribution in [2.45, 2.75) is 19.4 Å². The maximum atomic E-state index is 13.7. The highest BCUT2D eigenvalue weighted by Crippen LogP contribution is 2.38. The summed E-state index contributed by atoms with van der Waals surface area (Å²) in [6.07, 6.45) is 2.31. The van der Waals surface area contributed by atoms with Crippen LogP contribution in [-0.4, -0.2) is 29.3 Å². The van der Waals surface area contributed by atoms with E-state index in [0.717, 1.165) is 28.2 Å². The van der Waals surface area contributed by atoms with Gasteiger partial charge in [-0.1, -0.05) is 6.07 Å². The molecule has 0 radical (unpaired) electrons. The summed E-state index contributed by atoms with van der Waals surface area (Å²) in [5.41, 5.74) is 10.7. The fourth-order valence-electron chi connectivity index (χ4n) is 3.16. The molecule has 1 aromatic heterocycles. The topological polar surface area (TPSA) is 62.4 Å². The van der Waals surface area contributed by atoms with E-state index in [9.17, 15) is 9.50 Å². The summed E-state index contributed by atoms with van der Waals surface area (Å²) in [5, 5.41) is 9.46. The number of aliphatic hydroxyl groups excluding tert-OH is 1. The molecule has 1 atom stereocenters. The predicted molar refractivity (Wildman–Crippen MR) is 89.3 cm³/mol. The zero-order chi connectivity index (χ0) is 16.4. The number of aliphatic hydroxyl groups is 1. The third-order valence-corrected chi connectivity index (χ3v) is 4.03. The second-order valence-electron chi connectivity index (χ2n) is 5.69. The van der Waals surface area contributed by atoms with Crippen molar-refractivity contribution < 1.29 is 9.50 Å². The third kappa shape index (κ3) is 2.98. The van der Waals surface area contributed by atoms with Crippen molar-refractivity contribution in [3.8, 4) is 0 Å². The van der Waals surface area contributed by atoms with E-state index in [2.05, 4.69) is 4.98 Å². The number of rotatable bonds is 4. The lowest BCUT2D eigenvalue weighted by molar-refractivity contribution is 0.303. The van der Waals surface area contributed by atoms with Gasteiger partial charge < -0.3 is 15.7 Å². The summed E-state index contributed by atoms with van der Waals surface area (Å²) in [6, 6.07) is 10.2. The molecule has 0 bridgehead atoms. The lowest BCUT2D eigenvalue weighted by atomic mass is 9.91. The summed E-state index contributed by atoms with van der Waals surface area (Å²) in [5.74, 6) is -0.266. The SMILES string of the molecule is C[C@H](N)C1=C(c2ccccn2)Cc2cc(F)ccc2N1CCO. The van der Waals surface area contributed by atoms with Crippen LogP contribution in [0.15, 0.2) is 48.3 Å². The highest BCUT2D eigenvalue weighted by Gasteiger charge is 2.28. The second-order valence-corrected chi connectivity index (χ2v) is 5.69. The molecule has 120 valence electrons. The monoisotopic (exact) mass is 313 g/mol. The minimum Gasteiger partial charge on any atom is -0.395 e. The molecule has 0 amide bonds. The number of β-amino-alcohol motifs (C(OH)–C–C–N with tert-alkyl or cyclic N) is 1. The Bertz CT molecular complexity index is 728. The number of anilines is 1. The van der Waals surface area contributed by atoms with Gasteiger partial charge in [-0.15, -0.1) is 0 Å². The van der Waals surface area contributed by atoms with Crippen LogP contribution in [0.1, 0.15) is 18.2 Å². The van der Waals surface area contributed by atoms with Crippen LogP contribution in [0.2, 0.25) is 0 Å². The number of hydrogen-bond donors (Lipinski definition) is 2. The second kappa shape index (κ2) is 6.48. The Hall–Kier alpha value is -2.24. The van der Waals surface area contributed by atoms with E-state index in [1.807, 2.05) is 30.0 Å². The van der Waals surface area contributed by atoms with Crippen LogP contribution in [0.25, 0.3) is 5.57 Å². The van der Waals surface area contributed by atoms with Crippen molar-refractivity contribution in [2.75, 3.05) is 18.1 Å². The van der Waals surface area contributed by atoms with Crippen LogP contribution >= 0.6 is 0 Å². The van der Waals surface area contributed by atoms with E-state index in [-0.39, 0.29) is 18.5 Å². The number of halogens is 1. The molecular weight excluding hydrogens is 293 g/mol. The largest absolute Gasteiger partial charge is 0.395 e. The molecule has 2 heterocycles. The molecule has 2 aromatic rings. The molecule has 0 spiro atoms. The van der Waals surface area contributed by atoms with Gasteiger partial charge in [0, 0.05) is 42.2 Å². The lowest BCUT2D eigenvalue weighted by Gasteiger charge is -2.37. The number of hydrogen-bond acceptors (Lipinski definition) is 4. The van der Waals surface area contributed by atoms with Crippen molar-refractivity contribution in [3.63, 3.8) is 0 Å². The number of pyridine rings is 1. The van der Waals surface area contributed by atoms with Gasteiger partial charge in [-0.05, 0) is 42.8 Å². The van der Waals surface area contributed by atoms with Crippen LogP contribution in [0.3, 0.4) is 0 Å². The lowest BCUT2D eigenvalue weighted by Crippen LogP contribution is -2.39. The maximum absolute atomic E-state index is 13.7. The Morgan fingerprint density at radius 2 is 2.17 bits per heavy atom. The zero-order valence-electron chi connectivity index (χ0n) is 13.0. The van der Waals surface area contributed by atoms with Gasteiger partial charge in [0.05, 0.1) is 12.3 Å². The molecule has 1 aromatic carbocycles. The highest BCUT2D eigenvalue weighted by molar-refractivity contribution is 5.80. The number of nitrogens with zero attached hydrogens (tertiary/aromatic N) is 2. The van der Waals surface area contributed by atoms with Crippen LogP contribution in [-0.2, 0) is 6.42 Å². The normalized spacial score (nSPS) is 15.6. The van der Waals surface area contributed by atoms with Crippen LogP contribution in [0, 0.1) is 5.82 Å². The fraction of sp³-hybridized carbons (Fsp3) is 0.278. The van der Waals surface area contributed by atoms with Crippen molar-refractivity contribution in [1.82, 2.24) is 4.98 Å². The highest BCUT2D eigenvalue weighted by atomic mass is 19.1. The molecule has 0 saturated carbocycles. The Labute approximate surface area is 135 Å². The quantitative estimate of drug-likeness (QED) is 0.909. The molecule has 3 N–H and O–H groups in total. The molecule has 0 aliphatic carbocycles. The predicted octanol–water partition coefficient (Wildman–Crippen LogP) is 2.33. The van der Waals surface area contributed by atoms with Gasteiger partial charge in [0.25, 0.3) is 0 Å². The molecule has 1 aliphatic rings. The maximum Gasteiger partial charge on any atom is 0.123 e. The van der Waals surface area contributed by atoms with Gasteiger partial charge >= 0.3 is 0 Å². The van der Waals surface area contributed by atoms with Gasteiger partial charge in [0.1, 0.15) is 5.82 Å². The number of nitrogens with two attached hydrogens (primary N) is 1. The number of benzene rings is 1. The number of aromatic nitrogens is 1. The smallest absolute Gasteiger partial charge is 0.123 e. The molecule has 1 aliphatic heterocycles. The molecule has 4 nitrogen and oxygen atoms in total. The molecule has 0 saturated heterocycles. The van der Waals surface area contributed by atoms with E-state index < -0.39 is 0 Å². The van der Waals surface area contributed by atoms with Crippen molar-refractivity contribution in [3.05, 3.63) is 65.4 Å². The molecule has 3 rings (SSSR count). The Balaban J connectivity index is 2.19. The Morgan fingerprint density at radius 3 is 2.83 bits per heavy atom. The number of allylic oxidation sites excluding steroid dienone is 1. The van der Waals surface area contributed by atoms with Crippen LogP contribution in [0.5, 0.6) is 0 Å². The van der Waals surface area contributed by atoms with Gasteiger partial charge in [0.15, 0.2) is 0 Å². The standard InChI is InChI=1S/C18H20FN3O/c1-12(20)18-15(16-4-2-3-7-21-16)11-13-10-14(19)5-6-17(13)22(18)8-9-23/h2-7,10,12,23H,8-9,11,20H2,1H3/t12-/m0/s1. The summed E-state index contributed by atoms with van der Waals surface area (Å²) in [7, 11) is 0. The average molecular weight is 313 g/mol. The average Bonchev–Trinajstić information content (AvgIpc) is 2.54. The van der Waals surface area contributed by atoms with Gasteiger partial charge in [-0.25, -0.2) is 4.39 Å². The van der Waals surface area contributed by atoms with Crippen molar-refractivity contribution in [2.24, 2.45) is 5.73 Å². The summed E-state index contributed by atoms with van der Waals surface area (Å²) in [6.45, 7) is 2.31. The first kappa shape index (κ1) is 15.6. The molecular formula is C18H20FN3O. The van der Waals surface area contributed by atoms with Crippen LogP contribution < -0.4 is 10.6 Å². The van der Waals surface area contributed by atoms with Crippen molar-refractivity contribution in [1.29, 1.82) is 0 Å².